The molecule has 0 aliphatic carbocycles. The van der Waals surface area contributed by atoms with Crippen LogP contribution in [-0.4, -0.2) is 63.5 Å². The summed E-state index contributed by atoms with van der Waals surface area (Å²) in [5.74, 6) is 0.775. The van der Waals surface area contributed by atoms with Crippen molar-refractivity contribution in [1.82, 2.24) is 10.2 Å². The normalized spacial score (nSPS) is 24.4. The Labute approximate surface area is 125 Å². The van der Waals surface area contributed by atoms with Gasteiger partial charge < -0.3 is 14.8 Å². The van der Waals surface area contributed by atoms with Gasteiger partial charge in [-0.25, -0.2) is 0 Å². The van der Waals surface area contributed by atoms with Crippen LogP contribution in [-0.2, 0) is 9.47 Å². The average Bonchev–Trinajstić information content (AvgIpc) is 2.40. The molecule has 120 valence electrons. The molecule has 0 aromatic carbocycles. The zero-order valence-corrected chi connectivity index (χ0v) is 13.9. The molecule has 20 heavy (non-hydrogen) atoms. The van der Waals surface area contributed by atoms with E-state index in [9.17, 15) is 0 Å². The van der Waals surface area contributed by atoms with Crippen LogP contribution >= 0.6 is 0 Å². The van der Waals surface area contributed by atoms with Gasteiger partial charge in [-0.15, -0.1) is 0 Å². The molecule has 0 radical (unpaired) electrons. The van der Waals surface area contributed by atoms with Crippen molar-refractivity contribution in [2.24, 2.45) is 5.92 Å². The van der Waals surface area contributed by atoms with Gasteiger partial charge in [-0.1, -0.05) is 13.8 Å². The molecule has 0 saturated carbocycles. The third-order valence-electron chi connectivity index (χ3n) is 3.95. The molecule has 1 heterocycles. The number of nitrogens with zero attached hydrogens (tertiary/aromatic N) is 1. The number of ether oxygens (including phenoxy) is 2. The van der Waals surface area contributed by atoms with Crippen molar-refractivity contribution in [3.8, 4) is 0 Å². The second kappa shape index (κ2) is 10.6. The highest BCUT2D eigenvalue weighted by atomic mass is 16.5. The van der Waals surface area contributed by atoms with Crippen LogP contribution in [0.3, 0.4) is 0 Å². The van der Waals surface area contributed by atoms with E-state index in [4.69, 9.17) is 9.47 Å². The summed E-state index contributed by atoms with van der Waals surface area (Å²) in [6.07, 6.45) is 3.66. The molecular weight excluding hydrogens is 252 g/mol. The van der Waals surface area contributed by atoms with Gasteiger partial charge in [0.15, 0.2) is 0 Å². The van der Waals surface area contributed by atoms with E-state index in [1.807, 2.05) is 0 Å². The van der Waals surface area contributed by atoms with Crippen molar-refractivity contribution < 1.29 is 9.47 Å². The van der Waals surface area contributed by atoms with Crippen molar-refractivity contribution in [2.75, 3.05) is 46.6 Å². The minimum atomic E-state index is 0.660. The number of methoxy groups -OCH3 is 1. The lowest BCUT2D eigenvalue weighted by molar-refractivity contribution is 0.0654. The second-order valence-electron chi connectivity index (χ2n) is 6.39. The molecule has 4 nitrogen and oxygen atoms in total. The fraction of sp³-hybridized carbons (Fsp3) is 1.00. The van der Waals surface area contributed by atoms with Crippen LogP contribution in [0.1, 0.15) is 40.0 Å². The van der Waals surface area contributed by atoms with Crippen LogP contribution in [0, 0.1) is 5.92 Å². The molecule has 2 unspecified atom stereocenters. The van der Waals surface area contributed by atoms with Crippen molar-refractivity contribution in [3.63, 3.8) is 0 Å². The number of hydrogen-bond donors (Lipinski definition) is 1. The first kappa shape index (κ1) is 17.9. The summed E-state index contributed by atoms with van der Waals surface area (Å²) in [5, 5.41) is 3.67. The summed E-state index contributed by atoms with van der Waals surface area (Å²) < 4.78 is 10.5. The Hall–Kier alpha value is -0.160. The van der Waals surface area contributed by atoms with Crippen molar-refractivity contribution in [1.29, 1.82) is 0 Å². The Balaban J connectivity index is 2.11. The minimum absolute atomic E-state index is 0.660. The fourth-order valence-electron chi connectivity index (χ4n) is 2.80. The van der Waals surface area contributed by atoms with Crippen LogP contribution in [0.5, 0.6) is 0 Å². The highest BCUT2D eigenvalue weighted by Gasteiger charge is 2.24. The first-order chi connectivity index (χ1) is 9.63. The molecule has 1 fully saturated rings. The molecular formula is C16H34N2O2. The highest BCUT2D eigenvalue weighted by molar-refractivity contribution is 4.84. The maximum absolute atomic E-state index is 5.51. The van der Waals surface area contributed by atoms with Crippen LogP contribution in [0.25, 0.3) is 0 Å². The number of nitrogens with one attached hydrogen (secondary N) is 1. The van der Waals surface area contributed by atoms with E-state index >= 15 is 0 Å². The van der Waals surface area contributed by atoms with Gasteiger partial charge in [0.2, 0.25) is 0 Å². The van der Waals surface area contributed by atoms with E-state index in [1.54, 1.807) is 7.11 Å². The summed E-state index contributed by atoms with van der Waals surface area (Å²) in [5.41, 5.74) is 0. The Bertz CT molecular complexity index is 237. The van der Waals surface area contributed by atoms with Crippen molar-refractivity contribution >= 4 is 0 Å². The standard InChI is InChI=1S/C16H34N2O2/c1-14(2)11-16-13-18(15(3)12-17-16)7-5-6-8-20-10-9-19-4/h14-17H,5-13H2,1-4H3. The van der Waals surface area contributed by atoms with Crippen molar-refractivity contribution in [2.45, 2.75) is 52.1 Å². The van der Waals surface area contributed by atoms with Crippen LogP contribution in [0.4, 0.5) is 0 Å². The topological polar surface area (TPSA) is 33.7 Å². The van der Waals surface area contributed by atoms with E-state index in [0.717, 1.165) is 32.1 Å². The Morgan fingerprint density at radius 3 is 2.70 bits per heavy atom. The quantitative estimate of drug-likeness (QED) is 0.624. The van der Waals surface area contributed by atoms with Crippen LogP contribution in [0.15, 0.2) is 0 Å². The molecule has 0 spiro atoms. The molecule has 0 amide bonds. The SMILES string of the molecule is COCCOCCCCN1CC(CC(C)C)NCC1C. The molecule has 1 aliphatic heterocycles. The Kier molecular flexibility index (Phi) is 9.44. The van der Waals surface area contributed by atoms with Gasteiger partial charge in [0.25, 0.3) is 0 Å². The lowest BCUT2D eigenvalue weighted by Crippen LogP contribution is -2.55. The number of piperazine rings is 1. The summed E-state index contributed by atoms with van der Waals surface area (Å²) >= 11 is 0. The molecule has 1 N–H and O–H groups in total. The van der Waals surface area contributed by atoms with Gasteiger partial charge in [0.05, 0.1) is 13.2 Å². The predicted octanol–water partition coefficient (Wildman–Crippen LogP) is 2.14. The van der Waals surface area contributed by atoms with E-state index in [0.29, 0.717) is 18.7 Å². The Morgan fingerprint density at radius 2 is 2.00 bits per heavy atom. The van der Waals surface area contributed by atoms with Gasteiger partial charge in [0.1, 0.15) is 0 Å². The zero-order chi connectivity index (χ0) is 14.8. The third-order valence-corrected chi connectivity index (χ3v) is 3.95. The summed E-state index contributed by atoms with van der Waals surface area (Å²) in [6.45, 7) is 12.7. The summed E-state index contributed by atoms with van der Waals surface area (Å²) in [7, 11) is 1.71. The van der Waals surface area contributed by atoms with Gasteiger partial charge in [-0.05, 0) is 38.6 Å². The smallest absolute Gasteiger partial charge is 0.0700 e. The summed E-state index contributed by atoms with van der Waals surface area (Å²) in [6, 6.07) is 1.33. The van der Waals surface area contributed by atoms with Gasteiger partial charge in [-0.2, -0.15) is 0 Å². The Morgan fingerprint density at radius 1 is 1.20 bits per heavy atom. The maximum Gasteiger partial charge on any atom is 0.0700 e. The van der Waals surface area contributed by atoms with Gasteiger partial charge in [0, 0.05) is 38.9 Å². The molecule has 0 aromatic rings. The third kappa shape index (κ3) is 7.58. The van der Waals surface area contributed by atoms with E-state index in [2.05, 4.69) is 31.0 Å². The fourth-order valence-corrected chi connectivity index (χ4v) is 2.80. The monoisotopic (exact) mass is 286 g/mol. The highest BCUT2D eigenvalue weighted by Crippen LogP contribution is 2.13. The molecule has 4 heteroatoms. The average molecular weight is 286 g/mol. The lowest BCUT2D eigenvalue weighted by Gasteiger charge is -2.39. The molecule has 1 rings (SSSR count). The number of rotatable bonds is 10. The molecule has 1 saturated heterocycles. The summed E-state index contributed by atoms with van der Waals surface area (Å²) in [4.78, 5) is 2.64. The molecule has 0 aromatic heterocycles. The second-order valence-corrected chi connectivity index (χ2v) is 6.39. The van der Waals surface area contributed by atoms with Gasteiger partial charge >= 0.3 is 0 Å². The molecule has 0 bridgehead atoms. The van der Waals surface area contributed by atoms with Crippen molar-refractivity contribution in [3.05, 3.63) is 0 Å². The van der Waals surface area contributed by atoms with Gasteiger partial charge in [-0.3, -0.25) is 4.90 Å². The minimum Gasteiger partial charge on any atom is -0.382 e. The predicted molar refractivity (Wildman–Crippen MR) is 84.2 cm³/mol. The first-order valence-electron chi connectivity index (χ1n) is 8.17. The number of hydrogen-bond acceptors (Lipinski definition) is 4. The van der Waals surface area contributed by atoms with Crippen LogP contribution < -0.4 is 5.32 Å². The van der Waals surface area contributed by atoms with Crippen LogP contribution in [0.2, 0.25) is 0 Å². The maximum atomic E-state index is 5.51. The number of unbranched alkanes of at least 4 members (excludes halogenated alkanes) is 1. The zero-order valence-electron chi connectivity index (χ0n) is 13.9. The first-order valence-corrected chi connectivity index (χ1v) is 8.17. The van der Waals surface area contributed by atoms with E-state index in [-0.39, 0.29) is 0 Å². The largest absolute Gasteiger partial charge is 0.382 e. The van der Waals surface area contributed by atoms with E-state index in [1.165, 1.54) is 25.9 Å². The lowest BCUT2D eigenvalue weighted by atomic mass is 10.00. The van der Waals surface area contributed by atoms with E-state index < -0.39 is 0 Å². The molecule has 2 atom stereocenters. The molecule has 1 aliphatic rings.